The van der Waals surface area contributed by atoms with Crippen LogP contribution in [0.5, 0.6) is 0 Å². The van der Waals surface area contributed by atoms with Gasteiger partial charge in [-0.2, -0.15) is 5.10 Å². The van der Waals surface area contributed by atoms with Gasteiger partial charge in [-0.25, -0.2) is 4.98 Å². The molecule has 2 aromatic heterocycles. The molecule has 0 aromatic carbocycles. The molecule has 0 saturated heterocycles. The molecule has 0 aliphatic heterocycles. The molecule has 0 spiro atoms. The monoisotopic (exact) mass is 289 g/mol. The number of nitrogens with zero attached hydrogens (tertiary/aromatic N) is 3. The lowest BCUT2D eigenvalue weighted by Gasteiger charge is -1.99. The van der Waals surface area contributed by atoms with Crippen molar-refractivity contribution in [3.8, 4) is 11.8 Å². The van der Waals surface area contributed by atoms with E-state index in [1.54, 1.807) is 24.1 Å². The number of nitrogens with one attached hydrogen (secondary N) is 1. The van der Waals surface area contributed by atoms with E-state index in [-0.39, 0.29) is 5.91 Å². The number of thiazole rings is 1. The van der Waals surface area contributed by atoms with Gasteiger partial charge in [-0.15, -0.1) is 0 Å². The fourth-order valence-corrected chi connectivity index (χ4v) is 2.36. The molecular weight excluding hydrogens is 274 g/mol. The number of hydrogen-bond donors (Lipinski definition) is 2. The largest absolute Gasteiger partial charge is 0.320 e. The molecule has 0 radical (unpaired) electrons. The fraction of sp³-hybridized carbons (Fsp3) is 0.308. The number of carbonyl (C=O) groups is 1. The molecule has 0 aliphatic rings. The summed E-state index contributed by atoms with van der Waals surface area (Å²) in [5, 5.41) is 7.52. The number of amides is 1. The number of aryl methyl sites for hydroxylation is 2. The van der Waals surface area contributed by atoms with E-state index in [0.717, 1.165) is 10.6 Å². The van der Waals surface area contributed by atoms with Crippen LogP contribution in [-0.4, -0.2) is 27.2 Å². The maximum Gasteiger partial charge on any atom is 0.260 e. The highest BCUT2D eigenvalue weighted by Crippen LogP contribution is 2.18. The fourth-order valence-electron chi connectivity index (χ4n) is 1.68. The van der Waals surface area contributed by atoms with Gasteiger partial charge in [0.2, 0.25) is 0 Å². The zero-order valence-corrected chi connectivity index (χ0v) is 12.1. The van der Waals surface area contributed by atoms with Crippen molar-refractivity contribution >= 4 is 22.4 Å². The van der Waals surface area contributed by atoms with Gasteiger partial charge in [0.1, 0.15) is 0 Å². The van der Waals surface area contributed by atoms with E-state index < -0.39 is 0 Å². The average Bonchev–Trinajstić information content (AvgIpc) is 3.02. The molecule has 3 N–H and O–H groups in total. The first-order chi connectivity index (χ1) is 9.63. The summed E-state index contributed by atoms with van der Waals surface area (Å²) in [6.07, 6.45) is 4.03. The molecule has 1 amide bonds. The first-order valence-electron chi connectivity index (χ1n) is 6.12. The average molecular weight is 289 g/mol. The third kappa shape index (κ3) is 3.23. The molecule has 6 nitrogen and oxygen atoms in total. The predicted octanol–water partition coefficient (Wildman–Crippen LogP) is 1.00. The second-order valence-corrected chi connectivity index (χ2v) is 5.04. The van der Waals surface area contributed by atoms with Crippen molar-refractivity contribution < 1.29 is 4.79 Å². The zero-order chi connectivity index (χ0) is 14.5. The Bertz CT molecular complexity index is 676. The lowest BCUT2D eigenvalue weighted by atomic mass is 10.2. The molecule has 20 heavy (non-hydrogen) atoms. The van der Waals surface area contributed by atoms with Crippen LogP contribution in [0.15, 0.2) is 12.4 Å². The van der Waals surface area contributed by atoms with Gasteiger partial charge in [-0.1, -0.05) is 30.1 Å². The maximum absolute atomic E-state index is 12.2. The topological polar surface area (TPSA) is 85.8 Å². The van der Waals surface area contributed by atoms with Crippen molar-refractivity contribution in [1.29, 1.82) is 0 Å². The summed E-state index contributed by atoms with van der Waals surface area (Å²) >= 11 is 1.32. The quantitative estimate of drug-likeness (QED) is 0.825. The summed E-state index contributed by atoms with van der Waals surface area (Å²) < 4.78 is 1.63. The molecule has 0 atom stereocenters. The molecule has 0 fully saturated rings. The van der Waals surface area contributed by atoms with Crippen molar-refractivity contribution in [3.63, 3.8) is 0 Å². The molecule has 0 unspecified atom stereocenters. The van der Waals surface area contributed by atoms with Gasteiger partial charge in [0.05, 0.1) is 28.9 Å². The van der Waals surface area contributed by atoms with E-state index in [1.165, 1.54) is 11.3 Å². The summed E-state index contributed by atoms with van der Waals surface area (Å²) in [6.45, 7) is 2.26. The number of anilines is 1. The molecule has 7 heteroatoms. The van der Waals surface area contributed by atoms with Crippen LogP contribution in [0.1, 0.15) is 27.9 Å². The Hall–Kier alpha value is -2.17. The minimum atomic E-state index is -0.206. The summed E-state index contributed by atoms with van der Waals surface area (Å²) in [7, 11) is 1.79. The lowest BCUT2D eigenvalue weighted by molar-refractivity contribution is 0.102. The van der Waals surface area contributed by atoms with E-state index in [9.17, 15) is 4.79 Å². The van der Waals surface area contributed by atoms with E-state index in [1.807, 2.05) is 6.92 Å². The SMILES string of the molecule is CCc1nn(C)cc1C(=O)Nc1ncc(C#CCN)s1. The van der Waals surface area contributed by atoms with Crippen molar-refractivity contribution in [3.05, 3.63) is 28.5 Å². The third-order valence-corrected chi connectivity index (χ3v) is 3.35. The molecule has 104 valence electrons. The van der Waals surface area contributed by atoms with E-state index in [4.69, 9.17) is 5.73 Å². The molecular formula is C13H15N5OS. The number of rotatable bonds is 3. The normalized spacial score (nSPS) is 9.95. The lowest BCUT2D eigenvalue weighted by Crippen LogP contribution is -2.12. The molecule has 0 saturated carbocycles. The highest BCUT2D eigenvalue weighted by molar-refractivity contribution is 7.16. The third-order valence-electron chi connectivity index (χ3n) is 2.52. The van der Waals surface area contributed by atoms with Crippen molar-refractivity contribution in [2.24, 2.45) is 12.8 Å². The van der Waals surface area contributed by atoms with E-state index in [2.05, 4.69) is 27.2 Å². The Balaban J connectivity index is 2.13. The van der Waals surface area contributed by atoms with Gasteiger partial charge in [-0.3, -0.25) is 14.8 Å². The Morgan fingerprint density at radius 3 is 3.10 bits per heavy atom. The molecule has 2 rings (SSSR count). The summed E-state index contributed by atoms with van der Waals surface area (Å²) in [5.41, 5.74) is 6.64. The molecule has 0 aliphatic carbocycles. The van der Waals surface area contributed by atoms with Crippen LogP contribution >= 0.6 is 11.3 Å². The Kier molecular flexibility index (Phi) is 4.50. The van der Waals surface area contributed by atoms with E-state index >= 15 is 0 Å². The van der Waals surface area contributed by atoms with Crippen molar-refractivity contribution in [2.45, 2.75) is 13.3 Å². The molecule has 0 bridgehead atoms. The van der Waals surface area contributed by atoms with Crippen LogP contribution in [0.25, 0.3) is 0 Å². The van der Waals surface area contributed by atoms with Crippen LogP contribution in [0.3, 0.4) is 0 Å². The van der Waals surface area contributed by atoms with Crippen molar-refractivity contribution in [1.82, 2.24) is 14.8 Å². The van der Waals surface area contributed by atoms with Crippen molar-refractivity contribution in [2.75, 3.05) is 11.9 Å². The highest BCUT2D eigenvalue weighted by atomic mass is 32.1. The van der Waals surface area contributed by atoms with Gasteiger partial charge >= 0.3 is 0 Å². The number of aromatic nitrogens is 3. The first-order valence-corrected chi connectivity index (χ1v) is 6.94. The standard InChI is InChI=1S/C13H15N5OS/c1-3-11-10(8-18(2)17-11)12(19)16-13-15-7-9(20-13)5-4-6-14/h7-8H,3,6,14H2,1-2H3,(H,15,16,19). The van der Waals surface area contributed by atoms with Crippen LogP contribution in [-0.2, 0) is 13.5 Å². The van der Waals surface area contributed by atoms with E-state index in [0.29, 0.717) is 23.7 Å². The van der Waals surface area contributed by atoms with Crippen LogP contribution in [0.2, 0.25) is 0 Å². The van der Waals surface area contributed by atoms with Crippen LogP contribution in [0.4, 0.5) is 5.13 Å². The predicted molar refractivity (Wildman–Crippen MR) is 78.6 cm³/mol. The molecule has 2 aromatic rings. The minimum absolute atomic E-state index is 0.206. The van der Waals surface area contributed by atoms with Gasteiger partial charge in [0.15, 0.2) is 5.13 Å². The maximum atomic E-state index is 12.2. The summed E-state index contributed by atoms with van der Waals surface area (Å²) in [6, 6.07) is 0. The number of nitrogens with two attached hydrogens (primary N) is 1. The van der Waals surface area contributed by atoms with Gasteiger partial charge in [0, 0.05) is 13.2 Å². The zero-order valence-electron chi connectivity index (χ0n) is 11.3. The summed E-state index contributed by atoms with van der Waals surface area (Å²) in [4.78, 5) is 17.1. The smallest absolute Gasteiger partial charge is 0.260 e. The molecule has 2 heterocycles. The number of hydrogen-bond acceptors (Lipinski definition) is 5. The van der Waals surface area contributed by atoms with Gasteiger partial charge in [-0.05, 0) is 6.42 Å². The summed E-state index contributed by atoms with van der Waals surface area (Å²) in [5.74, 6) is 5.42. The number of carbonyl (C=O) groups excluding carboxylic acids is 1. The minimum Gasteiger partial charge on any atom is -0.320 e. The Morgan fingerprint density at radius 1 is 1.60 bits per heavy atom. The van der Waals surface area contributed by atoms with Crippen LogP contribution in [0, 0.1) is 11.8 Å². The second kappa shape index (κ2) is 6.32. The Morgan fingerprint density at radius 2 is 2.40 bits per heavy atom. The second-order valence-electron chi connectivity index (χ2n) is 4.01. The van der Waals surface area contributed by atoms with Crippen LogP contribution < -0.4 is 11.1 Å². The van der Waals surface area contributed by atoms with Gasteiger partial charge in [0.25, 0.3) is 5.91 Å². The Labute approximate surface area is 121 Å². The first kappa shape index (κ1) is 14.2. The van der Waals surface area contributed by atoms with Gasteiger partial charge < -0.3 is 5.73 Å². The highest BCUT2D eigenvalue weighted by Gasteiger charge is 2.15.